The molecule has 0 atom stereocenters. The molecule has 0 aliphatic carbocycles. The van der Waals surface area contributed by atoms with Crippen molar-refractivity contribution in [2.75, 3.05) is 24.5 Å². The molecule has 0 bridgehead atoms. The Kier molecular flexibility index (Phi) is 6.29. The lowest BCUT2D eigenvalue weighted by molar-refractivity contribution is -0.116. The third-order valence-electron chi connectivity index (χ3n) is 4.46. The van der Waals surface area contributed by atoms with Gasteiger partial charge in [0.15, 0.2) is 4.96 Å². The number of carbonyl (C=O) groups excluding carboxylic acids is 1. The van der Waals surface area contributed by atoms with Crippen LogP contribution in [0.5, 0.6) is 0 Å². The molecule has 0 saturated heterocycles. The summed E-state index contributed by atoms with van der Waals surface area (Å²) in [6.45, 7) is 8.70. The number of anilines is 1. The normalized spacial score (nSPS) is 11.4. The van der Waals surface area contributed by atoms with Crippen LogP contribution in [0.2, 0.25) is 0 Å². The molecule has 142 valence electrons. The highest BCUT2D eigenvalue weighted by Gasteiger charge is 2.09. The first-order valence-electron chi connectivity index (χ1n) is 9.29. The largest absolute Gasteiger partial charge is 0.372 e. The van der Waals surface area contributed by atoms with E-state index in [9.17, 15) is 4.79 Å². The molecule has 5 nitrogen and oxygen atoms in total. The van der Waals surface area contributed by atoms with Crippen LogP contribution >= 0.6 is 11.3 Å². The van der Waals surface area contributed by atoms with Crippen LogP contribution in [0.4, 0.5) is 5.69 Å². The molecule has 0 radical (unpaired) electrons. The van der Waals surface area contributed by atoms with Gasteiger partial charge >= 0.3 is 0 Å². The van der Waals surface area contributed by atoms with Gasteiger partial charge in [-0.05, 0) is 45.4 Å². The topological polar surface area (TPSA) is 49.6 Å². The molecule has 1 aromatic carbocycles. The zero-order valence-corrected chi connectivity index (χ0v) is 16.9. The smallest absolute Gasteiger partial charge is 0.244 e. The van der Waals surface area contributed by atoms with Gasteiger partial charge in [-0.15, -0.1) is 11.3 Å². The maximum Gasteiger partial charge on any atom is 0.244 e. The van der Waals surface area contributed by atoms with E-state index in [-0.39, 0.29) is 5.91 Å². The fraction of sp³-hybridized carbons (Fsp3) is 0.333. The Balaban J connectivity index is 1.49. The Morgan fingerprint density at radius 3 is 2.81 bits per heavy atom. The van der Waals surface area contributed by atoms with Crippen molar-refractivity contribution < 1.29 is 4.79 Å². The molecule has 3 aromatic rings. The van der Waals surface area contributed by atoms with Crippen molar-refractivity contribution in [2.45, 2.75) is 27.2 Å². The molecular formula is C21H26N4OS. The van der Waals surface area contributed by atoms with Gasteiger partial charge in [-0.1, -0.05) is 18.2 Å². The van der Waals surface area contributed by atoms with E-state index in [0.717, 1.165) is 35.9 Å². The second kappa shape index (κ2) is 8.86. The van der Waals surface area contributed by atoms with Gasteiger partial charge in [-0.2, -0.15) is 0 Å². The van der Waals surface area contributed by atoms with E-state index in [1.54, 1.807) is 17.4 Å². The predicted octanol–water partition coefficient (Wildman–Crippen LogP) is 4.06. The van der Waals surface area contributed by atoms with Crippen molar-refractivity contribution in [3.63, 3.8) is 0 Å². The van der Waals surface area contributed by atoms with Gasteiger partial charge in [0, 0.05) is 42.5 Å². The summed E-state index contributed by atoms with van der Waals surface area (Å²) in [5, 5.41) is 2.97. The second-order valence-corrected chi connectivity index (χ2v) is 7.68. The zero-order chi connectivity index (χ0) is 19.2. The average molecular weight is 383 g/mol. The summed E-state index contributed by atoms with van der Waals surface area (Å²) in [5.74, 6) is -0.0703. The number of aromatic nitrogens is 2. The molecule has 0 aliphatic rings. The number of benzene rings is 1. The molecule has 1 N–H and O–H groups in total. The van der Waals surface area contributed by atoms with Gasteiger partial charge in [0.1, 0.15) is 0 Å². The summed E-state index contributed by atoms with van der Waals surface area (Å²) >= 11 is 1.65. The number of hydrogen-bond acceptors (Lipinski definition) is 4. The van der Waals surface area contributed by atoms with Gasteiger partial charge in [-0.25, -0.2) is 4.98 Å². The number of aryl methyl sites for hydroxylation is 2. The minimum atomic E-state index is -0.0703. The highest BCUT2D eigenvalue weighted by atomic mass is 32.1. The van der Waals surface area contributed by atoms with E-state index < -0.39 is 0 Å². The van der Waals surface area contributed by atoms with E-state index in [1.165, 1.54) is 10.6 Å². The summed E-state index contributed by atoms with van der Waals surface area (Å²) in [6.07, 6.45) is 6.40. The number of amides is 1. The van der Waals surface area contributed by atoms with Crippen LogP contribution in [0, 0.1) is 13.8 Å². The standard InChI is InChI=1S/C21H26N4OS/c1-4-24(18-9-6-5-7-10-18)14-8-13-22-20(26)12-11-19-17(3)23-21-25(19)15-16(2)27-21/h5-7,9-12,15H,4,8,13-14H2,1-3H3,(H,22,26)/b12-11+. The number of nitrogens with one attached hydrogen (secondary N) is 1. The molecular weight excluding hydrogens is 356 g/mol. The average Bonchev–Trinajstić information content (AvgIpc) is 3.15. The highest BCUT2D eigenvalue weighted by molar-refractivity contribution is 7.17. The van der Waals surface area contributed by atoms with Crippen LogP contribution in [-0.2, 0) is 4.79 Å². The van der Waals surface area contributed by atoms with Crippen LogP contribution < -0.4 is 10.2 Å². The Morgan fingerprint density at radius 1 is 1.30 bits per heavy atom. The molecule has 6 heteroatoms. The van der Waals surface area contributed by atoms with Crippen molar-refractivity contribution in [1.29, 1.82) is 0 Å². The van der Waals surface area contributed by atoms with Gasteiger partial charge in [-0.3, -0.25) is 9.20 Å². The lowest BCUT2D eigenvalue weighted by Crippen LogP contribution is -2.29. The number of fused-ring (bicyclic) bond motifs is 1. The summed E-state index contributed by atoms with van der Waals surface area (Å²) in [4.78, 5) is 21.2. The molecule has 1 amide bonds. The molecule has 0 saturated carbocycles. The maximum absolute atomic E-state index is 12.1. The third kappa shape index (κ3) is 4.77. The maximum atomic E-state index is 12.1. The van der Waals surface area contributed by atoms with Crippen molar-refractivity contribution in [3.05, 3.63) is 58.9 Å². The molecule has 0 spiro atoms. The third-order valence-corrected chi connectivity index (χ3v) is 5.36. The number of carbonyl (C=O) groups is 1. The monoisotopic (exact) mass is 382 g/mol. The molecule has 0 fully saturated rings. The first-order valence-corrected chi connectivity index (χ1v) is 10.1. The molecule has 0 unspecified atom stereocenters. The minimum absolute atomic E-state index is 0.0703. The molecule has 3 rings (SSSR count). The number of para-hydroxylation sites is 1. The van der Waals surface area contributed by atoms with Crippen molar-refractivity contribution in [2.24, 2.45) is 0 Å². The van der Waals surface area contributed by atoms with Gasteiger partial charge < -0.3 is 10.2 Å². The molecule has 27 heavy (non-hydrogen) atoms. The van der Waals surface area contributed by atoms with Crippen LogP contribution in [0.15, 0.2) is 42.6 Å². The summed E-state index contributed by atoms with van der Waals surface area (Å²) in [6, 6.07) is 10.4. The molecule has 0 aliphatic heterocycles. The van der Waals surface area contributed by atoms with Crippen LogP contribution in [0.1, 0.15) is 29.6 Å². The minimum Gasteiger partial charge on any atom is -0.372 e. The number of imidazole rings is 1. The second-order valence-electron chi connectivity index (χ2n) is 6.47. The van der Waals surface area contributed by atoms with Gasteiger partial charge in [0.25, 0.3) is 0 Å². The Labute approximate surface area is 164 Å². The van der Waals surface area contributed by atoms with Crippen molar-refractivity contribution in [1.82, 2.24) is 14.7 Å². The van der Waals surface area contributed by atoms with Crippen molar-refractivity contribution >= 4 is 34.0 Å². The summed E-state index contributed by atoms with van der Waals surface area (Å²) in [5.41, 5.74) is 3.12. The SMILES string of the molecule is CCN(CCCNC(=O)/C=C/c1c(C)nc2sc(C)cn12)c1ccccc1. The van der Waals surface area contributed by atoms with Gasteiger partial charge in [0.2, 0.25) is 5.91 Å². The Morgan fingerprint density at radius 2 is 2.07 bits per heavy atom. The number of thiazole rings is 1. The van der Waals surface area contributed by atoms with E-state index in [0.29, 0.717) is 6.54 Å². The summed E-state index contributed by atoms with van der Waals surface area (Å²) in [7, 11) is 0. The lowest BCUT2D eigenvalue weighted by atomic mass is 10.2. The number of nitrogens with zero attached hydrogens (tertiary/aromatic N) is 3. The van der Waals surface area contributed by atoms with E-state index in [1.807, 2.05) is 23.5 Å². The van der Waals surface area contributed by atoms with Crippen LogP contribution in [0.3, 0.4) is 0 Å². The lowest BCUT2D eigenvalue weighted by Gasteiger charge is -2.23. The zero-order valence-electron chi connectivity index (χ0n) is 16.1. The molecule has 2 aromatic heterocycles. The summed E-state index contributed by atoms with van der Waals surface area (Å²) < 4.78 is 2.04. The van der Waals surface area contributed by atoms with Crippen LogP contribution in [-0.4, -0.2) is 34.9 Å². The molecule has 2 heterocycles. The quantitative estimate of drug-likeness (QED) is 0.472. The van der Waals surface area contributed by atoms with Crippen molar-refractivity contribution in [3.8, 4) is 0 Å². The Bertz CT molecular complexity index is 926. The van der Waals surface area contributed by atoms with E-state index in [4.69, 9.17) is 0 Å². The first kappa shape index (κ1) is 19.2. The van der Waals surface area contributed by atoms with E-state index >= 15 is 0 Å². The predicted molar refractivity (Wildman–Crippen MR) is 114 cm³/mol. The first-order chi connectivity index (χ1) is 13.1. The van der Waals surface area contributed by atoms with E-state index in [2.05, 4.69) is 59.5 Å². The van der Waals surface area contributed by atoms with Crippen LogP contribution in [0.25, 0.3) is 11.0 Å². The highest BCUT2D eigenvalue weighted by Crippen LogP contribution is 2.21. The van der Waals surface area contributed by atoms with Gasteiger partial charge in [0.05, 0.1) is 11.4 Å². The fourth-order valence-electron chi connectivity index (χ4n) is 3.09. The Hall–Kier alpha value is -2.60. The number of rotatable bonds is 8. The fourth-order valence-corrected chi connectivity index (χ4v) is 3.96. The number of hydrogen-bond donors (Lipinski definition) is 1.